The van der Waals surface area contributed by atoms with E-state index in [0.717, 1.165) is 19.3 Å². The highest BCUT2D eigenvalue weighted by Gasteiger charge is 2.49. The lowest BCUT2D eigenvalue weighted by molar-refractivity contribution is -0.151. The van der Waals surface area contributed by atoms with Gasteiger partial charge in [0.05, 0.1) is 18.2 Å². The van der Waals surface area contributed by atoms with Crippen LogP contribution in [0.3, 0.4) is 0 Å². The van der Waals surface area contributed by atoms with E-state index in [1.807, 2.05) is 0 Å². The Hall–Kier alpha value is -1.10. The summed E-state index contributed by atoms with van der Waals surface area (Å²) < 4.78 is 5.76. The summed E-state index contributed by atoms with van der Waals surface area (Å²) in [7, 11) is 0. The zero-order valence-electron chi connectivity index (χ0n) is 10.2. The molecule has 3 atom stereocenters. The fourth-order valence-corrected chi connectivity index (χ4v) is 3.23. The maximum atomic E-state index is 12.3. The summed E-state index contributed by atoms with van der Waals surface area (Å²) in [5.74, 6) is -0.0596. The zero-order chi connectivity index (χ0) is 12.2. The summed E-state index contributed by atoms with van der Waals surface area (Å²) in [4.78, 5) is 25.7. The molecule has 3 rings (SSSR count). The maximum Gasteiger partial charge on any atom is 0.248 e. The predicted octanol–water partition coefficient (Wildman–Crippen LogP) is 0.0433. The van der Waals surface area contributed by atoms with Gasteiger partial charge in [-0.3, -0.25) is 9.59 Å². The molecule has 0 aromatic rings. The van der Waals surface area contributed by atoms with Crippen molar-refractivity contribution >= 4 is 11.8 Å². The smallest absolute Gasteiger partial charge is 0.248 e. The molecular weight excluding hydrogens is 220 g/mol. The second-order valence-corrected chi connectivity index (χ2v) is 5.78. The third kappa shape index (κ3) is 1.64. The molecule has 3 heterocycles. The molecule has 0 aromatic heterocycles. The molecule has 0 aliphatic carbocycles. The Morgan fingerprint density at radius 3 is 2.71 bits per heavy atom. The molecule has 5 heteroatoms. The zero-order valence-corrected chi connectivity index (χ0v) is 10.2. The van der Waals surface area contributed by atoms with Crippen molar-refractivity contribution in [3.63, 3.8) is 0 Å². The molecule has 0 radical (unpaired) electrons. The van der Waals surface area contributed by atoms with Crippen LogP contribution in [0.15, 0.2) is 0 Å². The molecule has 3 saturated heterocycles. The number of amides is 2. The molecule has 3 aliphatic heterocycles. The van der Waals surface area contributed by atoms with E-state index in [1.54, 1.807) is 18.7 Å². The molecule has 5 nitrogen and oxygen atoms in total. The number of hydrogen-bond donors (Lipinski definition) is 1. The highest BCUT2D eigenvalue weighted by Crippen LogP contribution is 2.38. The van der Waals surface area contributed by atoms with E-state index in [0.29, 0.717) is 6.10 Å². The van der Waals surface area contributed by atoms with E-state index in [2.05, 4.69) is 5.32 Å². The summed E-state index contributed by atoms with van der Waals surface area (Å²) in [6.45, 7) is 3.69. The van der Waals surface area contributed by atoms with Gasteiger partial charge < -0.3 is 15.0 Å². The Morgan fingerprint density at radius 1 is 1.35 bits per heavy atom. The number of rotatable bonds is 1. The predicted molar refractivity (Wildman–Crippen MR) is 60.2 cm³/mol. The van der Waals surface area contributed by atoms with Gasteiger partial charge >= 0.3 is 0 Å². The lowest BCUT2D eigenvalue weighted by Gasteiger charge is -2.42. The average Bonchev–Trinajstić information content (AvgIpc) is 2.84. The highest BCUT2D eigenvalue weighted by molar-refractivity contribution is 5.97. The molecule has 2 bridgehead atoms. The van der Waals surface area contributed by atoms with Gasteiger partial charge in [-0.2, -0.15) is 0 Å². The van der Waals surface area contributed by atoms with Gasteiger partial charge in [0.15, 0.2) is 0 Å². The molecule has 17 heavy (non-hydrogen) atoms. The second-order valence-electron chi connectivity index (χ2n) is 5.78. The molecule has 94 valence electrons. The standard InChI is InChI=1S/C12H18N2O3/c1-12(2)11(16)14(6-10(15)13-12)8-5-7-3-4-9(8)17-7/h7-9H,3-6H2,1-2H3,(H,13,15). The monoisotopic (exact) mass is 238 g/mol. The van der Waals surface area contributed by atoms with Crippen LogP contribution in [0.1, 0.15) is 33.1 Å². The van der Waals surface area contributed by atoms with Crippen molar-refractivity contribution in [1.29, 1.82) is 0 Å². The minimum absolute atomic E-state index is 0.0123. The van der Waals surface area contributed by atoms with Crippen molar-refractivity contribution in [2.24, 2.45) is 0 Å². The third-order valence-electron chi connectivity index (χ3n) is 4.04. The number of hydrogen-bond acceptors (Lipinski definition) is 3. The fourth-order valence-electron chi connectivity index (χ4n) is 3.23. The lowest BCUT2D eigenvalue weighted by atomic mass is 9.91. The number of nitrogens with zero attached hydrogens (tertiary/aromatic N) is 1. The molecule has 3 unspecified atom stereocenters. The number of piperazine rings is 1. The van der Waals surface area contributed by atoms with Crippen LogP contribution in [-0.2, 0) is 14.3 Å². The van der Waals surface area contributed by atoms with E-state index in [9.17, 15) is 9.59 Å². The highest BCUT2D eigenvalue weighted by atomic mass is 16.5. The Labute approximate surface area is 100 Å². The summed E-state index contributed by atoms with van der Waals surface area (Å²) in [5, 5.41) is 2.73. The first-order chi connectivity index (χ1) is 7.97. The molecule has 2 amide bonds. The summed E-state index contributed by atoms with van der Waals surface area (Å²) in [6, 6.07) is 0.103. The number of carbonyl (C=O) groups is 2. The first-order valence-corrected chi connectivity index (χ1v) is 6.25. The summed E-state index contributed by atoms with van der Waals surface area (Å²) in [6.07, 6.45) is 3.44. The number of nitrogens with one attached hydrogen (secondary N) is 1. The molecule has 1 N–H and O–H groups in total. The maximum absolute atomic E-state index is 12.3. The number of ether oxygens (including phenoxy) is 1. The van der Waals surface area contributed by atoms with Crippen LogP contribution in [0.2, 0.25) is 0 Å². The third-order valence-corrected chi connectivity index (χ3v) is 4.04. The van der Waals surface area contributed by atoms with Crippen molar-refractivity contribution < 1.29 is 14.3 Å². The lowest BCUT2D eigenvalue weighted by Crippen LogP contribution is -2.66. The quantitative estimate of drug-likeness (QED) is 0.702. The summed E-state index contributed by atoms with van der Waals surface area (Å²) >= 11 is 0. The van der Waals surface area contributed by atoms with Crippen molar-refractivity contribution in [3.8, 4) is 0 Å². The van der Waals surface area contributed by atoms with Crippen LogP contribution in [0.25, 0.3) is 0 Å². The Morgan fingerprint density at radius 2 is 2.12 bits per heavy atom. The molecule has 0 spiro atoms. The summed E-state index contributed by atoms with van der Waals surface area (Å²) in [5.41, 5.74) is -0.781. The first-order valence-electron chi connectivity index (χ1n) is 6.25. The van der Waals surface area contributed by atoms with E-state index >= 15 is 0 Å². The Kier molecular flexibility index (Phi) is 2.23. The SMILES string of the molecule is CC1(C)NC(=O)CN(C2CC3CCC2O3)C1=O. The van der Waals surface area contributed by atoms with E-state index in [1.165, 1.54) is 0 Å². The van der Waals surface area contributed by atoms with Gasteiger partial charge in [0.2, 0.25) is 11.8 Å². The van der Waals surface area contributed by atoms with Gasteiger partial charge in [-0.1, -0.05) is 0 Å². The minimum atomic E-state index is -0.781. The Bertz CT molecular complexity index is 380. The molecule has 0 aromatic carbocycles. The van der Waals surface area contributed by atoms with Crippen molar-refractivity contribution in [2.75, 3.05) is 6.54 Å². The van der Waals surface area contributed by atoms with Crippen LogP contribution in [-0.4, -0.2) is 47.0 Å². The molecule has 3 fully saturated rings. The van der Waals surface area contributed by atoms with Crippen molar-refractivity contribution in [2.45, 2.75) is 56.9 Å². The van der Waals surface area contributed by atoms with Gasteiger partial charge in [0.1, 0.15) is 12.1 Å². The van der Waals surface area contributed by atoms with Gasteiger partial charge in [0, 0.05) is 0 Å². The molecular formula is C12H18N2O3. The minimum Gasteiger partial charge on any atom is -0.373 e. The molecule has 3 aliphatic rings. The van der Waals surface area contributed by atoms with Crippen LogP contribution in [0.4, 0.5) is 0 Å². The Balaban J connectivity index is 1.82. The van der Waals surface area contributed by atoms with Gasteiger partial charge in [-0.15, -0.1) is 0 Å². The topological polar surface area (TPSA) is 58.6 Å². The van der Waals surface area contributed by atoms with Crippen LogP contribution < -0.4 is 5.32 Å². The molecule has 0 saturated carbocycles. The normalized spacial score (nSPS) is 39.6. The van der Waals surface area contributed by atoms with E-state index < -0.39 is 5.54 Å². The first kappa shape index (κ1) is 11.0. The number of carbonyl (C=O) groups excluding carboxylic acids is 2. The largest absolute Gasteiger partial charge is 0.373 e. The van der Waals surface area contributed by atoms with Crippen molar-refractivity contribution in [3.05, 3.63) is 0 Å². The van der Waals surface area contributed by atoms with Gasteiger partial charge in [-0.05, 0) is 33.1 Å². The van der Waals surface area contributed by atoms with Crippen LogP contribution in [0.5, 0.6) is 0 Å². The van der Waals surface area contributed by atoms with Crippen LogP contribution in [0, 0.1) is 0 Å². The average molecular weight is 238 g/mol. The van der Waals surface area contributed by atoms with Gasteiger partial charge in [-0.25, -0.2) is 0 Å². The van der Waals surface area contributed by atoms with Gasteiger partial charge in [0.25, 0.3) is 0 Å². The van der Waals surface area contributed by atoms with E-state index in [-0.39, 0.29) is 30.5 Å². The van der Waals surface area contributed by atoms with Crippen molar-refractivity contribution in [1.82, 2.24) is 10.2 Å². The van der Waals surface area contributed by atoms with E-state index in [4.69, 9.17) is 4.74 Å². The van der Waals surface area contributed by atoms with Crippen LogP contribution >= 0.6 is 0 Å². The second kappa shape index (κ2) is 3.45. The number of fused-ring (bicyclic) bond motifs is 2. The fraction of sp³-hybridized carbons (Fsp3) is 0.833.